The Morgan fingerprint density at radius 3 is 2.25 bits per heavy atom. The first kappa shape index (κ1) is 13.4. The van der Waals surface area contributed by atoms with E-state index >= 15 is 0 Å². The van der Waals surface area contributed by atoms with Gasteiger partial charge in [-0.15, -0.1) is 0 Å². The zero-order chi connectivity index (χ0) is 14.3. The van der Waals surface area contributed by atoms with Crippen LogP contribution in [-0.2, 0) is 18.3 Å². The molecule has 20 heavy (non-hydrogen) atoms. The predicted molar refractivity (Wildman–Crippen MR) is 83.1 cm³/mol. The minimum atomic E-state index is -0.494. The molecule has 1 atom stereocenters. The van der Waals surface area contributed by atoms with Gasteiger partial charge in [-0.1, -0.05) is 63.2 Å². The third-order valence-corrected chi connectivity index (χ3v) is 4.32. The van der Waals surface area contributed by atoms with Gasteiger partial charge in [-0.2, -0.15) is 0 Å². The number of aryl methyl sites for hydroxylation is 2. The molecule has 0 fully saturated rings. The van der Waals surface area contributed by atoms with Crippen molar-refractivity contribution in [3.63, 3.8) is 0 Å². The molecule has 0 bridgehead atoms. The fourth-order valence-corrected chi connectivity index (χ4v) is 3.01. The highest BCUT2D eigenvalue weighted by molar-refractivity contribution is 5.45. The maximum absolute atomic E-state index is 10.8. The fraction of sp³-hybridized carbons (Fsp3) is 0.368. The molecule has 0 saturated heterocycles. The molecule has 0 unspecified atom stereocenters. The fourth-order valence-electron chi connectivity index (χ4n) is 3.01. The van der Waals surface area contributed by atoms with E-state index in [4.69, 9.17) is 0 Å². The van der Waals surface area contributed by atoms with Gasteiger partial charge in [0.05, 0.1) is 0 Å². The van der Waals surface area contributed by atoms with Crippen LogP contribution in [0, 0.1) is 0 Å². The third kappa shape index (κ3) is 2.27. The first-order chi connectivity index (χ1) is 9.47. The Kier molecular flexibility index (Phi) is 3.18. The second-order valence-electron chi connectivity index (χ2n) is 6.76. The van der Waals surface area contributed by atoms with Crippen molar-refractivity contribution in [2.45, 2.75) is 45.1 Å². The molecule has 1 aliphatic rings. The van der Waals surface area contributed by atoms with Gasteiger partial charge in [-0.3, -0.25) is 0 Å². The summed E-state index contributed by atoms with van der Waals surface area (Å²) in [5.74, 6) is 0. The van der Waals surface area contributed by atoms with Gasteiger partial charge in [0.2, 0.25) is 0 Å². The van der Waals surface area contributed by atoms with Crippen LogP contribution in [0.5, 0.6) is 0 Å². The van der Waals surface area contributed by atoms with E-state index < -0.39 is 6.10 Å². The zero-order valence-electron chi connectivity index (χ0n) is 12.5. The third-order valence-electron chi connectivity index (χ3n) is 4.32. The van der Waals surface area contributed by atoms with Crippen LogP contribution in [0.1, 0.15) is 54.7 Å². The monoisotopic (exact) mass is 266 g/mol. The van der Waals surface area contributed by atoms with Crippen LogP contribution in [0.15, 0.2) is 42.5 Å². The van der Waals surface area contributed by atoms with Crippen LogP contribution >= 0.6 is 0 Å². The van der Waals surface area contributed by atoms with Crippen molar-refractivity contribution in [1.29, 1.82) is 0 Å². The zero-order valence-corrected chi connectivity index (χ0v) is 12.5. The van der Waals surface area contributed by atoms with E-state index in [9.17, 15) is 5.11 Å². The number of rotatable bonds is 0. The summed E-state index contributed by atoms with van der Waals surface area (Å²) in [6, 6.07) is 14.9. The maximum atomic E-state index is 10.8. The van der Waals surface area contributed by atoms with E-state index in [0.29, 0.717) is 0 Å². The Hall–Kier alpha value is -1.60. The summed E-state index contributed by atoms with van der Waals surface area (Å²) in [5, 5.41) is 10.8. The normalized spacial score (nSPS) is 18.1. The smallest absolute Gasteiger partial charge is 0.105 e. The molecule has 1 N–H and O–H groups in total. The highest BCUT2D eigenvalue weighted by Crippen LogP contribution is 2.35. The quantitative estimate of drug-likeness (QED) is 0.759. The number of fused-ring (bicyclic) bond motifs is 2. The Balaban J connectivity index is 2.13. The molecule has 0 radical (unpaired) electrons. The minimum Gasteiger partial charge on any atom is -0.384 e. The van der Waals surface area contributed by atoms with Crippen molar-refractivity contribution in [1.82, 2.24) is 0 Å². The molecule has 3 rings (SSSR count). The lowest BCUT2D eigenvalue weighted by Gasteiger charge is -2.22. The molecule has 0 heterocycles. The lowest BCUT2D eigenvalue weighted by Crippen LogP contribution is -2.13. The molecule has 0 aliphatic heterocycles. The van der Waals surface area contributed by atoms with Gasteiger partial charge < -0.3 is 5.11 Å². The average Bonchev–Trinajstić information content (AvgIpc) is 2.56. The molecule has 0 spiro atoms. The van der Waals surface area contributed by atoms with Crippen molar-refractivity contribution in [3.8, 4) is 0 Å². The van der Waals surface area contributed by atoms with Crippen molar-refractivity contribution < 1.29 is 5.11 Å². The summed E-state index contributed by atoms with van der Waals surface area (Å²) in [6.45, 7) is 6.64. The molecule has 1 heteroatoms. The molecule has 1 nitrogen and oxygen atoms in total. The minimum absolute atomic E-state index is 0.112. The van der Waals surface area contributed by atoms with Crippen molar-refractivity contribution in [3.05, 3.63) is 70.3 Å². The molecular weight excluding hydrogens is 244 g/mol. The van der Waals surface area contributed by atoms with Gasteiger partial charge in [0.15, 0.2) is 0 Å². The van der Waals surface area contributed by atoms with Gasteiger partial charge in [0.1, 0.15) is 6.10 Å². The maximum Gasteiger partial charge on any atom is 0.105 e. The Labute approximate surface area is 121 Å². The Bertz CT molecular complexity index is 634. The van der Waals surface area contributed by atoms with E-state index in [0.717, 1.165) is 24.0 Å². The number of aliphatic hydroxyl groups is 1. The van der Waals surface area contributed by atoms with E-state index in [-0.39, 0.29) is 5.41 Å². The van der Waals surface area contributed by atoms with Gasteiger partial charge in [0.25, 0.3) is 0 Å². The topological polar surface area (TPSA) is 20.2 Å². The van der Waals surface area contributed by atoms with E-state index in [1.54, 1.807) is 0 Å². The molecular formula is C19H22O. The molecule has 2 aromatic rings. The SMILES string of the molecule is CC(C)(C)c1ccc2c(c1)[C@@H](O)c1ccccc1CC2. The largest absolute Gasteiger partial charge is 0.384 e. The van der Waals surface area contributed by atoms with Gasteiger partial charge >= 0.3 is 0 Å². The van der Waals surface area contributed by atoms with E-state index in [1.807, 2.05) is 6.07 Å². The lowest BCUT2D eigenvalue weighted by molar-refractivity contribution is 0.219. The number of aliphatic hydroxyl groups excluding tert-OH is 1. The number of benzene rings is 2. The van der Waals surface area contributed by atoms with Crippen molar-refractivity contribution >= 4 is 0 Å². The van der Waals surface area contributed by atoms with Crippen LogP contribution in [-0.4, -0.2) is 5.11 Å². The first-order valence-corrected chi connectivity index (χ1v) is 7.36. The molecule has 0 amide bonds. The van der Waals surface area contributed by atoms with Crippen LogP contribution in [0.25, 0.3) is 0 Å². The standard InChI is InChI=1S/C19H22O/c1-19(2,3)15-11-10-14-9-8-13-6-4-5-7-16(13)18(20)17(14)12-15/h4-7,10-12,18,20H,8-9H2,1-3H3/t18-/m0/s1. The van der Waals surface area contributed by atoms with Gasteiger partial charge in [0, 0.05) is 0 Å². The number of hydrogen-bond acceptors (Lipinski definition) is 1. The second kappa shape index (κ2) is 4.75. The Morgan fingerprint density at radius 2 is 1.55 bits per heavy atom. The first-order valence-electron chi connectivity index (χ1n) is 7.36. The van der Waals surface area contributed by atoms with E-state index in [2.05, 4.69) is 57.2 Å². The van der Waals surface area contributed by atoms with Crippen molar-refractivity contribution in [2.24, 2.45) is 0 Å². The molecule has 104 valence electrons. The molecule has 2 aromatic carbocycles. The molecule has 1 aliphatic carbocycles. The number of hydrogen-bond donors (Lipinski definition) is 1. The molecule has 0 aromatic heterocycles. The highest BCUT2D eigenvalue weighted by Gasteiger charge is 2.23. The predicted octanol–water partition coefficient (Wildman–Crippen LogP) is 4.16. The summed E-state index contributed by atoms with van der Waals surface area (Å²) < 4.78 is 0. The molecule has 0 saturated carbocycles. The average molecular weight is 266 g/mol. The summed E-state index contributed by atoms with van der Waals surface area (Å²) >= 11 is 0. The van der Waals surface area contributed by atoms with Crippen LogP contribution in [0.3, 0.4) is 0 Å². The van der Waals surface area contributed by atoms with Crippen LogP contribution < -0.4 is 0 Å². The summed E-state index contributed by atoms with van der Waals surface area (Å²) in [6.07, 6.45) is 1.52. The van der Waals surface area contributed by atoms with Crippen molar-refractivity contribution in [2.75, 3.05) is 0 Å². The highest BCUT2D eigenvalue weighted by atomic mass is 16.3. The van der Waals surface area contributed by atoms with Crippen LogP contribution in [0.4, 0.5) is 0 Å². The lowest BCUT2D eigenvalue weighted by atomic mass is 9.84. The second-order valence-corrected chi connectivity index (χ2v) is 6.76. The van der Waals surface area contributed by atoms with Gasteiger partial charge in [-0.25, -0.2) is 0 Å². The summed E-state index contributed by atoms with van der Waals surface area (Å²) in [5.41, 5.74) is 6.10. The van der Waals surface area contributed by atoms with Gasteiger partial charge in [-0.05, 0) is 46.1 Å². The van der Waals surface area contributed by atoms with Crippen LogP contribution in [0.2, 0.25) is 0 Å². The summed E-state index contributed by atoms with van der Waals surface area (Å²) in [4.78, 5) is 0. The summed E-state index contributed by atoms with van der Waals surface area (Å²) in [7, 11) is 0. The Morgan fingerprint density at radius 1 is 0.900 bits per heavy atom. The van der Waals surface area contributed by atoms with E-state index in [1.165, 1.54) is 16.7 Å².